The number of hydrogen-bond acceptors (Lipinski definition) is 3. The minimum absolute atomic E-state index is 0.337. The molecule has 0 fully saturated rings. The molecule has 0 aliphatic rings. The second-order valence-corrected chi connectivity index (χ2v) is 5.47. The van der Waals surface area contributed by atoms with Crippen LogP contribution < -0.4 is 0 Å². The fourth-order valence-electron chi connectivity index (χ4n) is 1.65. The summed E-state index contributed by atoms with van der Waals surface area (Å²) in [6.45, 7) is 1.77. The summed E-state index contributed by atoms with van der Waals surface area (Å²) in [5.41, 5.74) is 2.12. The van der Waals surface area contributed by atoms with E-state index in [4.69, 9.17) is 11.6 Å². The molecule has 17 heavy (non-hydrogen) atoms. The zero-order valence-corrected chi connectivity index (χ0v) is 11.1. The number of nitrogens with zero attached hydrogens (tertiary/aromatic N) is 1. The highest BCUT2D eigenvalue weighted by Crippen LogP contribution is 2.18. The van der Waals surface area contributed by atoms with E-state index >= 15 is 0 Å². The molecule has 0 bridgehead atoms. The largest absolute Gasteiger partial charge is 0.393 e. The van der Waals surface area contributed by atoms with Gasteiger partial charge in [-0.15, -0.1) is 11.3 Å². The van der Waals surface area contributed by atoms with Crippen LogP contribution in [0.25, 0.3) is 0 Å². The summed E-state index contributed by atoms with van der Waals surface area (Å²) in [5.74, 6) is 0. The minimum atomic E-state index is -0.337. The van der Waals surface area contributed by atoms with Crippen LogP contribution in [0, 0.1) is 0 Å². The third-order valence-electron chi connectivity index (χ3n) is 2.35. The van der Waals surface area contributed by atoms with E-state index in [1.165, 1.54) is 0 Å². The number of aromatic nitrogens is 1. The molecule has 0 saturated heterocycles. The Hall–Kier alpha value is -0.900. The lowest BCUT2D eigenvalue weighted by Crippen LogP contribution is -2.04. The number of thiazole rings is 1. The quantitative estimate of drug-likeness (QED) is 0.922. The van der Waals surface area contributed by atoms with E-state index in [-0.39, 0.29) is 6.10 Å². The maximum absolute atomic E-state index is 9.29. The fraction of sp³-hybridized carbons (Fsp3) is 0.308. The topological polar surface area (TPSA) is 33.1 Å². The van der Waals surface area contributed by atoms with Crippen molar-refractivity contribution in [3.63, 3.8) is 0 Å². The maximum atomic E-state index is 9.29. The van der Waals surface area contributed by atoms with Gasteiger partial charge in [0.25, 0.3) is 0 Å². The normalized spacial score (nSPS) is 12.6. The lowest BCUT2D eigenvalue weighted by atomic mass is 10.1. The molecule has 0 aliphatic heterocycles. The monoisotopic (exact) mass is 267 g/mol. The van der Waals surface area contributed by atoms with Gasteiger partial charge in [-0.25, -0.2) is 4.98 Å². The van der Waals surface area contributed by atoms with Crippen molar-refractivity contribution >= 4 is 22.9 Å². The molecule has 0 amide bonds. The van der Waals surface area contributed by atoms with Crippen LogP contribution in [0.3, 0.4) is 0 Å². The van der Waals surface area contributed by atoms with Gasteiger partial charge in [-0.3, -0.25) is 0 Å². The predicted octanol–water partition coefficient (Wildman–Crippen LogP) is 3.31. The summed E-state index contributed by atoms with van der Waals surface area (Å²) in [7, 11) is 0. The lowest BCUT2D eigenvalue weighted by Gasteiger charge is -2.00. The van der Waals surface area contributed by atoms with Crippen LogP contribution in [0.15, 0.2) is 29.6 Å². The lowest BCUT2D eigenvalue weighted by molar-refractivity contribution is 0.194. The summed E-state index contributed by atoms with van der Waals surface area (Å²) < 4.78 is 0. The van der Waals surface area contributed by atoms with Crippen LogP contribution in [0.4, 0.5) is 0 Å². The van der Waals surface area contributed by atoms with Crippen molar-refractivity contribution in [1.82, 2.24) is 4.98 Å². The SMILES string of the molecule is CC(O)Cc1csc(Cc2cccc(Cl)c2)n1. The summed E-state index contributed by atoms with van der Waals surface area (Å²) in [4.78, 5) is 4.49. The Balaban J connectivity index is 2.06. The van der Waals surface area contributed by atoms with Gasteiger partial charge in [0.2, 0.25) is 0 Å². The standard InChI is InChI=1S/C13H14ClNOS/c1-9(16)5-12-8-17-13(15-12)7-10-3-2-4-11(14)6-10/h2-4,6,8-9,16H,5,7H2,1H3. The van der Waals surface area contributed by atoms with Crippen molar-refractivity contribution in [2.75, 3.05) is 0 Å². The van der Waals surface area contributed by atoms with E-state index in [1.54, 1.807) is 18.3 Å². The molecule has 1 aromatic heterocycles. The van der Waals surface area contributed by atoms with Crippen molar-refractivity contribution < 1.29 is 5.11 Å². The van der Waals surface area contributed by atoms with Crippen molar-refractivity contribution in [3.05, 3.63) is 50.9 Å². The first-order valence-electron chi connectivity index (χ1n) is 5.49. The van der Waals surface area contributed by atoms with Gasteiger partial charge in [-0.1, -0.05) is 23.7 Å². The number of aliphatic hydroxyl groups excluding tert-OH is 1. The summed E-state index contributed by atoms with van der Waals surface area (Å²) in [5, 5.41) is 13.1. The van der Waals surface area contributed by atoms with Crippen LogP contribution >= 0.6 is 22.9 Å². The van der Waals surface area contributed by atoms with Gasteiger partial charge >= 0.3 is 0 Å². The van der Waals surface area contributed by atoms with E-state index in [9.17, 15) is 5.11 Å². The van der Waals surface area contributed by atoms with Crippen molar-refractivity contribution in [1.29, 1.82) is 0 Å². The van der Waals surface area contributed by atoms with Gasteiger partial charge in [0.15, 0.2) is 0 Å². The third-order valence-corrected chi connectivity index (χ3v) is 3.48. The molecule has 4 heteroatoms. The molecule has 90 valence electrons. The number of halogens is 1. The smallest absolute Gasteiger partial charge is 0.0972 e. The Kier molecular flexibility index (Phi) is 4.15. The van der Waals surface area contributed by atoms with E-state index < -0.39 is 0 Å². The van der Waals surface area contributed by atoms with Crippen LogP contribution in [0.2, 0.25) is 5.02 Å². The molecule has 1 atom stereocenters. The summed E-state index contributed by atoms with van der Waals surface area (Å²) in [6.07, 6.45) is 1.08. The molecule has 2 aromatic rings. The Labute approximate surface area is 110 Å². The Bertz CT molecular complexity index is 496. The van der Waals surface area contributed by atoms with E-state index in [2.05, 4.69) is 4.98 Å². The predicted molar refractivity (Wildman–Crippen MR) is 71.8 cm³/mol. The highest BCUT2D eigenvalue weighted by Gasteiger charge is 2.06. The first-order valence-corrected chi connectivity index (χ1v) is 6.75. The summed E-state index contributed by atoms with van der Waals surface area (Å²) in [6, 6.07) is 7.81. The van der Waals surface area contributed by atoms with Gasteiger partial charge in [0, 0.05) is 23.2 Å². The van der Waals surface area contributed by atoms with Crippen molar-refractivity contribution in [2.45, 2.75) is 25.9 Å². The van der Waals surface area contributed by atoms with Gasteiger partial charge in [-0.2, -0.15) is 0 Å². The van der Waals surface area contributed by atoms with Crippen LogP contribution in [0.1, 0.15) is 23.2 Å². The molecule has 1 N–H and O–H groups in total. The third kappa shape index (κ3) is 3.80. The average Bonchev–Trinajstić information content (AvgIpc) is 2.64. The van der Waals surface area contributed by atoms with Crippen molar-refractivity contribution in [3.8, 4) is 0 Å². The highest BCUT2D eigenvalue weighted by molar-refractivity contribution is 7.09. The molecule has 0 aliphatic carbocycles. The first kappa shape index (κ1) is 12.6. The fourth-order valence-corrected chi connectivity index (χ4v) is 2.70. The van der Waals surface area contributed by atoms with Crippen LogP contribution in [0.5, 0.6) is 0 Å². The Morgan fingerprint density at radius 2 is 2.29 bits per heavy atom. The molecular weight excluding hydrogens is 254 g/mol. The molecule has 1 heterocycles. The van der Waals surface area contributed by atoms with Crippen LogP contribution in [-0.2, 0) is 12.8 Å². The molecule has 0 saturated carbocycles. The Morgan fingerprint density at radius 1 is 1.47 bits per heavy atom. The minimum Gasteiger partial charge on any atom is -0.393 e. The zero-order chi connectivity index (χ0) is 12.3. The highest BCUT2D eigenvalue weighted by atomic mass is 35.5. The number of benzene rings is 1. The molecule has 0 radical (unpaired) electrons. The maximum Gasteiger partial charge on any atom is 0.0972 e. The first-order chi connectivity index (χ1) is 8.13. The van der Waals surface area contributed by atoms with E-state index in [0.29, 0.717) is 6.42 Å². The molecule has 1 unspecified atom stereocenters. The van der Waals surface area contributed by atoms with Gasteiger partial charge in [0.1, 0.15) is 0 Å². The van der Waals surface area contributed by atoms with Gasteiger partial charge in [0.05, 0.1) is 16.8 Å². The number of hydrogen-bond donors (Lipinski definition) is 1. The van der Waals surface area contributed by atoms with Gasteiger partial charge < -0.3 is 5.11 Å². The average molecular weight is 268 g/mol. The molecule has 2 nitrogen and oxygen atoms in total. The molecular formula is C13H14ClNOS. The molecule has 0 spiro atoms. The number of aliphatic hydroxyl groups is 1. The Morgan fingerprint density at radius 3 is 3.00 bits per heavy atom. The second-order valence-electron chi connectivity index (χ2n) is 4.09. The van der Waals surface area contributed by atoms with E-state index in [0.717, 1.165) is 27.7 Å². The molecule has 1 aromatic carbocycles. The summed E-state index contributed by atoms with van der Waals surface area (Å²) >= 11 is 7.56. The van der Waals surface area contributed by atoms with Gasteiger partial charge in [-0.05, 0) is 24.6 Å². The van der Waals surface area contributed by atoms with Crippen molar-refractivity contribution in [2.24, 2.45) is 0 Å². The second kappa shape index (κ2) is 5.63. The number of rotatable bonds is 4. The van der Waals surface area contributed by atoms with Crippen LogP contribution in [-0.4, -0.2) is 16.2 Å². The zero-order valence-electron chi connectivity index (χ0n) is 9.56. The molecule has 2 rings (SSSR count). The van der Waals surface area contributed by atoms with E-state index in [1.807, 2.05) is 29.6 Å².